The van der Waals surface area contributed by atoms with Crippen molar-refractivity contribution in [2.75, 3.05) is 25.1 Å². The van der Waals surface area contributed by atoms with Crippen LogP contribution in [0.5, 0.6) is 0 Å². The molecule has 3 fully saturated rings. The third-order valence-corrected chi connectivity index (χ3v) is 9.46. The molecule has 3 aliphatic rings. The van der Waals surface area contributed by atoms with Gasteiger partial charge in [0.15, 0.2) is 0 Å². The van der Waals surface area contributed by atoms with Crippen molar-refractivity contribution < 1.29 is 23.6 Å². The average molecular weight is 589 g/mol. The van der Waals surface area contributed by atoms with Gasteiger partial charge in [0.2, 0.25) is 11.8 Å². The molecule has 228 valence electrons. The number of nitrogens with one attached hydrogen (secondary N) is 3. The highest BCUT2D eigenvalue weighted by atomic mass is 16.5. The Balaban J connectivity index is 1.25. The molecule has 11 heteroatoms. The van der Waals surface area contributed by atoms with Gasteiger partial charge in [-0.15, -0.1) is 0 Å². The summed E-state index contributed by atoms with van der Waals surface area (Å²) in [5.41, 5.74) is 1.70. The monoisotopic (exact) mass is 588 g/mol. The summed E-state index contributed by atoms with van der Waals surface area (Å²) < 4.78 is 12.9. The molecule has 6 rings (SSSR count). The van der Waals surface area contributed by atoms with Crippen LogP contribution in [0.2, 0.25) is 0 Å². The predicted octanol–water partition coefficient (Wildman–Crippen LogP) is 3.61. The second kappa shape index (κ2) is 11.6. The Morgan fingerprint density at radius 1 is 1.14 bits per heavy atom. The van der Waals surface area contributed by atoms with E-state index in [1.807, 2.05) is 31.2 Å². The molecule has 3 amide bonds. The molecule has 0 bridgehead atoms. The van der Waals surface area contributed by atoms with Crippen molar-refractivity contribution in [3.63, 3.8) is 0 Å². The van der Waals surface area contributed by atoms with E-state index in [1.54, 1.807) is 25.4 Å². The molecule has 0 radical (unpaired) electrons. The minimum absolute atomic E-state index is 0.0441. The Labute approximate surface area is 251 Å². The van der Waals surface area contributed by atoms with Crippen LogP contribution in [0.3, 0.4) is 0 Å². The molecule has 3 N–H and O–H groups in total. The first-order valence-electron chi connectivity index (χ1n) is 15.2. The SMILES string of the molecule is Cc1cc(C(C2CC2)[C@H](NC(=O)c2ccnn2C)C(=O)Nc2cccc(C3(C(=O)NCC4(C)CCC4)CCOC3)c2)on1. The summed E-state index contributed by atoms with van der Waals surface area (Å²) in [7, 11) is 1.68. The number of aromatic nitrogens is 3. The van der Waals surface area contributed by atoms with Gasteiger partial charge in [-0.2, -0.15) is 5.10 Å². The summed E-state index contributed by atoms with van der Waals surface area (Å²) in [5.74, 6) is -0.487. The molecular weight excluding hydrogens is 548 g/mol. The molecule has 1 aromatic carbocycles. The fraction of sp³-hybridized carbons (Fsp3) is 0.531. The van der Waals surface area contributed by atoms with Crippen molar-refractivity contribution in [3.8, 4) is 0 Å². The van der Waals surface area contributed by atoms with Gasteiger partial charge in [0, 0.05) is 38.1 Å². The summed E-state index contributed by atoms with van der Waals surface area (Å²) >= 11 is 0. The molecule has 3 atom stereocenters. The van der Waals surface area contributed by atoms with Crippen LogP contribution < -0.4 is 16.0 Å². The van der Waals surface area contributed by atoms with Crippen LogP contribution in [0, 0.1) is 18.3 Å². The van der Waals surface area contributed by atoms with Gasteiger partial charge in [-0.05, 0) is 74.1 Å². The summed E-state index contributed by atoms with van der Waals surface area (Å²) in [6.45, 7) is 5.46. The molecule has 11 nitrogen and oxygen atoms in total. The van der Waals surface area contributed by atoms with Crippen molar-refractivity contribution in [1.29, 1.82) is 0 Å². The second-order valence-electron chi connectivity index (χ2n) is 12.8. The third kappa shape index (κ3) is 5.95. The molecule has 1 saturated heterocycles. The van der Waals surface area contributed by atoms with Gasteiger partial charge < -0.3 is 25.2 Å². The van der Waals surface area contributed by atoms with Gasteiger partial charge in [-0.25, -0.2) is 0 Å². The molecule has 0 spiro atoms. The first-order valence-corrected chi connectivity index (χ1v) is 15.2. The van der Waals surface area contributed by atoms with Crippen molar-refractivity contribution in [1.82, 2.24) is 25.6 Å². The molecule has 3 heterocycles. The summed E-state index contributed by atoms with van der Waals surface area (Å²) in [6.07, 6.45) is 7.37. The van der Waals surface area contributed by atoms with Crippen LogP contribution >= 0.6 is 0 Å². The number of anilines is 1. The molecule has 2 unspecified atom stereocenters. The van der Waals surface area contributed by atoms with Crippen LogP contribution in [-0.2, 0) is 26.8 Å². The number of amides is 3. The van der Waals surface area contributed by atoms with Crippen LogP contribution in [0.4, 0.5) is 5.69 Å². The van der Waals surface area contributed by atoms with E-state index in [2.05, 4.69) is 33.1 Å². The maximum Gasteiger partial charge on any atom is 0.270 e. The summed E-state index contributed by atoms with van der Waals surface area (Å²) in [4.78, 5) is 41.0. The quantitative estimate of drug-likeness (QED) is 0.311. The molecule has 2 aromatic heterocycles. The van der Waals surface area contributed by atoms with Crippen molar-refractivity contribution >= 4 is 23.4 Å². The first-order chi connectivity index (χ1) is 20.7. The number of hydrogen-bond donors (Lipinski definition) is 3. The fourth-order valence-corrected chi connectivity index (χ4v) is 6.43. The number of aryl methyl sites for hydroxylation is 2. The molecule has 3 aromatic rings. The second-order valence-corrected chi connectivity index (χ2v) is 12.8. The minimum Gasteiger partial charge on any atom is -0.380 e. The number of hydrogen-bond acceptors (Lipinski definition) is 7. The number of carbonyl (C=O) groups excluding carboxylic acids is 3. The standard InChI is InChI=1S/C32H40N6O5/c1-20-16-25(43-37-20)26(21-8-9-21)27(36-28(39)24-10-14-34-38(24)3)29(40)35-23-7-4-6-22(17-23)32(13-15-42-19-32)30(41)33-18-31(2)11-5-12-31/h4,6-7,10,14,16-17,21,26-27H,5,8-9,11-13,15,18-19H2,1-3H3,(H,33,41)(H,35,40)(H,36,39)/t26?,27-,32?/m0/s1. The van der Waals surface area contributed by atoms with Gasteiger partial charge in [0.25, 0.3) is 5.91 Å². The van der Waals surface area contributed by atoms with Gasteiger partial charge in [-0.1, -0.05) is 30.6 Å². The maximum atomic E-state index is 14.0. The van der Waals surface area contributed by atoms with E-state index in [1.165, 1.54) is 11.1 Å². The zero-order valence-corrected chi connectivity index (χ0v) is 25.0. The van der Waals surface area contributed by atoms with Crippen LogP contribution in [0.25, 0.3) is 0 Å². The van der Waals surface area contributed by atoms with Crippen LogP contribution in [0.15, 0.2) is 47.1 Å². The summed E-state index contributed by atoms with van der Waals surface area (Å²) in [6, 6.07) is 9.91. The summed E-state index contributed by atoms with van der Waals surface area (Å²) in [5, 5.41) is 17.3. The van der Waals surface area contributed by atoms with Crippen molar-refractivity contribution in [3.05, 3.63) is 65.3 Å². The lowest BCUT2D eigenvalue weighted by atomic mass is 9.70. The normalized spacial score (nSPS) is 22.3. The first kappa shape index (κ1) is 29.1. The Morgan fingerprint density at radius 2 is 1.95 bits per heavy atom. The number of ether oxygens (including phenoxy) is 1. The van der Waals surface area contributed by atoms with Gasteiger partial charge in [-0.3, -0.25) is 19.1 Å². The number of benzene rings is 1. The molecule has 1 aliphatic heterocycles. The van der Waals surface area contributed by atoms with E-state index in [9.17, 15) is 14.4 Å². The lowest BCUT2D eigenvalue weighted by molar-refractivity contribution is -0.127. The topological polar surface area (TPSA) is 140 Å². The Kier molecular flexibility index (Phi) is 7.85. The van der Waals surface area contributed by atoms with E-state index >= 15 is 0 Å². The van der Waals surface area contributed by atoms with Crippen molar-refractivity contribution in [2.45, 2.75) is 69.7 Å². The number of rotatable bonds is 11. The zero-order chi connectivity index (χ0) is 30.2. The molecule has 2 aliphatic carbocycles. The zero-order valence-electron chi connectivity index (χ0n) is 25.0. The Morgan fingerprint density at radius 3 is 2.56 bits per heavy atom. The van der Waals surface area contributed by atoms with Crippen molar-refractivity contribution in [2.24, 2.45) is 18.4 Å². The Bertz CT molecular complexity index is 1500. The average Bonchev–Trinajstić information content (AvgIpc) is 3.31. The predicted molar refractivity (Wildman–Crippen MR) is 158 cm³/mol. The smallest absolute Gasteiger partial charge is 0.270 e. The number of carbonyl (C=O) groups is 3. The van der Waals surface area contributed by atoms with E-state index in [0.29, 0.717) is 42.4 Å². The fourth-order valence-electron chi connectivity index (χ4n) is 6.43. The minimum atomic E-state index is -0.929. The van der Waals surface area contributed by atoms with E-state index in [-0.39, 0.29) is 29.8 Å². The molecule has 43 heavy (non-hydrogen) atoms. The third-order valence-electron chi connectivity index (χ3n) is 9.46. The lowest BCUT2D eigenvalue weighted by Crippen LogP contribution is -2.49. The largest absolute Gasteiger partial charge is 0.380 e. The highest BCUT2D eigenvalue weighted by molar-refractivity contribution is 6.01. The highest BCUT2D eigenvalue weighted by Gasteiger charge is 2.46. The Hall–Kier alpha value is -3.99. The molecular formula is C32H40N6O5. The number of nitrogens with zero attached hydrogens (tertiary/aromatic N) is 3. The highest BCUT2D eigenvalue weighted by Crippen LogP contribution is 2.45. The van der Waals surface area contributed by atoms with Gasteiger partial charge in [0.1, 0.15) is 17.5 Å². The van der Waals surface area contributed by atoms with E-state index < -0.39 is 23.3 Å². The van der Waals surface area contributed by atoms with E-state index in [4.69, 9.17) is 9.26 Å². The lowest BCUT2D eigenvalue weighted by Gasteiger charge is -2.39. The maximum absolute atomic E-state index is 14.0. The van der Waals surface area contributed by atoms with Gasteiger partial charge in [0.05, 0.1) is 23.6 Å². The van der Waals surface area contributed by atoms with Crippen LogP contribution in [0.1, 0.15) is 78.9 Å². The van der Waals surface area contributed by atoms with E-state index in [0.717, 1.165) is 31.2 Å². The molecule has 2 saturated carbocycles. The van der Waals surface area contributed by atoms with Gasteiger partial charge >= 0.3 is 0 Å². The van der Waals surface area contributed by atoms with Crippen LogP contribution in [-0.4, -0.2) is 58.5 Å².